The first-order chi connectivity index (χ1) is 16.3. The van der Waals surface area contributed by atoms with Crippen LogP contribution in [0, 0.1) is 20.8 Å². The lowest BCUT2D eigenvalue weighted by molar-refractivity contribution is -0.120. The first-order valence-corrected chi connectivity index (χ1v) is 12.2. The molecular weight excluding hydrogens is 446 g/mol. The third-order valence-corrected chi connectivity index (χ3v) is 7.10. The third-order valence-electron chi connectivity index (χ3n) is 6.69. The smallest absolute Gasteiger partial charge is 0.224 e. The van der Waals surface area contributed by atoms with Gasteiger partial charge in [0.05, 0.1) is 17.8 Å². The fourth-order valence-corrected chi connectivity index (χ4v) is 4.52. The molecule has 0 bridgehead atoms. The van der Waals surface area contributed by atoms with Gasteiger partial charge in [-0.15, -0.1) is 0 Å². The van der Waals surface area contributed by atoms with Gasteiger partial charge in [-0.3, -0.25) is 9.69 Å². The van der Waals surface area contributed by atoms with E-state index in [1.807, 2.05) is 43.7 Å². The SMILES string of the molecule is Cc1ccc(-n2nc(C)c(CC(=O)NCc3ccc(CN4CCN(C)CC4)cc3)c2C)cc1Cl. The molecule has 0 radical (unpaired) electrons. The molecule has 2 heterocycles. The summed E-state index contributed by atoms with van der Waals surface area (Å²) in [6, 6.07) is 14.5. The molecule has 0 saturated carbocycles. The second-order valence-electron chi connectivity index (χ2n) is 9.34. The Morgan fingerprint density at radius 1 is 1.00 bits per heavy atom. The molecule has 0 spiro atoms. The van der Waals surface area contributed by atoms with Crippen LogP contribution in [0.3, 0.4) is 0 Å². The molecule has 1 aliphatic heterocycles. The van der Waals surface area contributed by atoms with Crippen molar-refractivity contribution >= 4 is 17.5 Å². The van der Waals surface area contributed by atoms with Crippen molar-refractivity contribution in [2.75, 3.05) is 33.2 Å². The number of aromatic nitrogens is 2. The highest BCUT2D eigenvalue weighted by Crippen LogP contribution is 2.23. The van der Waals surface area contributed by atoms with E-state index >= 15 is 0 Å². The summed E-state index contributed by atoms with van der Waals surface area (Å²) in [4.78, 5) is 17.6. The summed E-state index contributed by atoms with van der Waals surface area (Å²) in [5.41, 5.74) is 7.12. The van der Waals surface area contributed by atoms with Crippen LogP contribution in [0.25, 0.3) is 5.69 Å². The van der Waals surface area contributed by atoms with Crippen LogP contribution in [0.1, 0.15) is 33.6 Å². The second kappa shape index (κ2) is 10.7. The highest BCUT2D eigenvalue weighted by molar-refractivity contribution is 6.31. The third kappa shape index (κ3) is 5.87. The van der Waals surface area contributed by atoms with Crippen LogP contribution in [-0.2, 0) is 24.3 Å². The summed E-state index contributed by atoms with van der Waals surface area (Å²) in [5, 5.41) is 8.42. The minimum atomic E-state index is -0.00537. The zero-order chi connectivity index (χ0) is 24.2. The maximum atomic E-state index is 12.7. The van der Waals surface area contributed by atoms with Crippen LogP contribution in [0.15, 0.2) is 42.5 Å². The van der Waals surface area contributed by atoms with E-state index in [0.717, 1.165) is 66.5 Å². The normalized spacial score (nSPS) is 15.0. The van der Waals surface area contributed by atoms with Gasteiger partial charge in [-0.2, -0.15) is 5.10 Å². The van der Waals surface area contributed by atoms with E-state index in [4.69, 9.17) is 11.6 Å². The molecule has 2 aromatic carbocycles. The Hall–Kier alpha value is -2.67. The van der Waals surface area contributed by atoms with Gasteiger partial charge in [0.1, 0.15) is 0 Å². The average molecular weight is 480 g/mol. The second-order valence-corrected chi connectivity index (χ2v) is 9.75. The molecular formula is C27H34ClN5O. The fraction of sp³-hybridized carbons (Fsp3) is 0.407. The van der Waals surface area contributed by atoms with E-state index in [1.165, 1.54) is 5.56 Å². The summed E-state index contributed by atoms with van der Waals surface area (Å²) < 4.78 is 1.86. The number of nitrogens with zero attached hydrogens (tertiary/aromatic N) is 4. The van der Waals surface area contributed by atoms with Gasteiger partial charge in [-0.05, 0) is 56.6 Å². The molecule has 1 aliphatic rings. The number of carbonyl (C=O) groups is 1. The summed E-state index contributed by atoms with van der Waals surface area (Å²) in [5.74, 6) is -0.00537. The van der Waals surface area contributed by atoms with Gasteiger partial charge in [0.25, 0.3) is 0 Å². The number of nitrogens with one attached hydrogen (secondary N) is 1. The lowest BCUT2D eigenvalue weighted by atomic mass is 10.1. The van der Waals surface area contributed by atoms with E-state index in [1.54, 1.807) is 0 Å². The van der Waals surface area contributed by atoms with Crippen molar-refractivity contribution in [3.05, 3.63) is 81.1 Å². The largest absolute Gasteiger partial charge is 0.352 e. The van der Waals surface area contributed by atoms with Crippen LogP contribution >= 0.6 is 11.6 Å². The minimum absolute atomic E-state index is 0.00537. The predicted molar refractivity (Wildman–Crippen MR) is 138 cm³/mol. The minimum Gasteiger partial charge on any atom is -0.352 e. The summed E-state index contributed by atoms with van der Waals surface area (Å²) in [6.45, 7) is 11.9. The zero-order valence-electron chi connectivity index (χ0n) is 20.6. The Morgan fingerprint density at radius 3 is 2.35 bits per heavy atom. The average Bonchev–Trinajstić information content (AvgIpc) is 3.10. The Bertz CT molecular complexity index is 1150. The first-order valence-electron chi connectivity index (χ1n) is 11.9. The number of piperazine rings is 1. The van der Waals surface area contributed by atoms with Gasteiger partial charge in [0, 0.05) is 55.5 Å². The molecule has 7 heteroatoms. The van der Waals surface area contributed by atoms with Crippen molar-refractivity contribution in [2.45, 2.75) is 40.3 Å². The van der Waals surface area contributed by atoms with Gasteiger partial charge in [-0.1, -0.05) is 41.9 Å². The van der Waals surface area contributed by atoms with E-state index in [-0.39, 0.29) is 5.91 Å². The van der Waals surface area contributed by atoms with Gasteiger partial charge >= 0.3 is 0 Å². The quantitative estimate of drug-likeness (QED) is 0.555. The molecule has 1 fully saturated rings. The number of amides is 1. The van der Waals surface area contributed by atoms with E-state index < -0.39 is 0 Å². The van der Waals surface area contributed by atoms with Crippen molar-refractivity contribution in [1.82, 2.24) is 24.9 Å². The molecule has 0 aliphatic carbocycles. The Labute approximate surface area is 207 Å². The van der Waals surface area contributed by atoms with Crippen LogP contribution in [-0.4, -0.2) is 58.7 Å². The Kier molecular flexibility index (Phi) is 7.71. The van der Waals surface area contributed by atoms with Gasteiger partial charge in [0.2, 0.25) is 5.91 Å². The molecule has 180 valence electrons. The highest BCUT2D eigenvalue weighted by atomic mass is 35.5. The lowest BCUT2D eigenvalue weighted by Gasteiger charge is -2.32. The summed E-state index contributed by atoms with van der Waals surface area (Å²) >= 11 is 6.30. The number of rotatable bonds is 7. The first kappa shape index (κ1) is 24.5. The predicted octanol–water partition coefficient (Wildman–Crippen LogP) is 4.06. The molecule has 1 saturated heterocycles. The van der Waals surface area contributed by atoms with Gasteiger partial charge in [-0.25, -0.2) is 4.68 Å². The van der Waals surface area contributed by atoms with Crippen LogP contribution < -0.4 is 5.32 Å². The van der Waals surface area contributed by atoms with Crippen molar-refractivity contribution in [3.63, 3.8) is 0 Å². The molecule has 3 aromatic rings. The number of hydrogen-bond donors (Lipinski definition) is 1. The van der Waals surface area contributed by atoms with Crippen molar-refractivity contribution in [3.8, 4) is 5.69 Å². The molecule has 1 aromatic heterocycles. The Balaban J connectivity index is 1.32. The highest BCUT2D eigenvalue weighted by Gasteiger charge is 2.17. The maximum Gasteiger partial charge on any atom is 0.224 e. The number of likely N-dealkylation sites (N-methyl/N-ethyl adjacent to an activating group) is 1. The maximum absolute atomic E-state index is 12.7. The van der Waals surface area contributed by atoms with Gasteiger partial charge < -0.3 is 10.2 Å². The number of carbonyl (C=O) groups excluding carboxylic acids is 1. The fourth-order valence-electron chi connectivity index (χ4n) is 4.35. The molecule has 0 atom stereocenters. The molecule has 1 amide bonds. The monoisotopic (exact) mass is 479 g/mol. The Morgan fingerprint density at radius 2 is 1.68 bits per heavy atom. The summed E-state index contributed by atoms with van der Waals surface area (Å²) in [6.07, 6.45) is 0.304. The van der Waals surface area contributed by atoms with Crippen molar-refractivity contribution in [2.24, 2.45) is 0 Å². The van der Waals surface area contributed by atoms with E-state index in [9.17, 15) is 4.79 Å². The number of halogens is 1. The van der Waals surface area contributed by atoms with Crippen molar-refractivity contribution in [1.29, 1.82) is 0 Å². The molecule has 0 unspecified atom stereocenters. The van der Waals surface area contributed by atoms with E-state index in [0.29, 0.717) is 18.0 Å². The molecule has 1 N–H and O–H groups in total. The standard InChI is InChI=1S/C27H34ClN5O/c1-19-5-10-24(15-26(19)28)33-21(3)25(20(2)30-33)16-27(34)29-17-22-6-8-23(9-7-22)18-32-13-11-31(4)12-14-32/h5-10,15H,11-14,16-18H2,1-4H3,(H,29,34). The van der Waals surface area contributed by atoms with Crippen molar-refractivity contribution < 1.29 is 4.79 Å². The van der Waals surface area contributed by atoms with Crippen LogP contribution in [0.2, 0.25) is 5.02 Å². The van der Waals surface area contributed by atoms with E-state index in [2.05, 4.69) is 51.5 Å². The molecule has 6 nitrogen and oxygen atoms in total. The molecule has 34 heavy (non-hydrogen) atoms. The zero-order valence-corrected chi connectivity index (χ0v) is 21.3. The van der Waals surface area contributed by atoms with Crippen LogP contribution in [0.5, 0.6) is 0 Å². The number of aryl methyl sites for hydroxylation is 2. The lowest BCUT2D eigenvalue weighted by Crippen LogP contribution is -2.43. The number of hydrogen-bond acceptors (Lipinski definition) is 4. The van der Waals surface area contributed by atoms with Gasteiger partial charge in [0.15, 0.2) is 0 Å². The summed E-state index contributed by atoms with van der Waals surface area (Å²) in [7, 11) is 2.18. The molecule has 4 rings (SSSR count). The topological polar surface area (TPSA) is 53.4 Å². The number of benzene rings is 2. The van der Waals surface area contributed by atoms with Crippen LogP contribution in [0.4, 0.5) is 0 Å².